The molecule has 1 aliphatic rings. The van der Waals surface area contributed by atoms with Crippen molar-refractivity contribution in [3.05, 3.63) is 30.1 Å². The average Bonchev–Trinajstić information content (AvgIpc) is 3.36. The lowest BCUT2D eigenvalue weighted by Gasteiger charge is -2.14. The summed E-state index contributed by atoms with van der Waals surface area (Å²) in [5.41, 5.74) is 0.945. The number of nitrogens with zero attached hydrogens (tertiary/aromatic N) is 3. The van der Waals surface area contributed by atoms with Crippen LogP contribution in [0.2, 0.25) is 0 Å². The predicted molar refractivity (Wildman–Crippen MR) is 107 cm³/mol. The van der Waals surface area contributed by atoms with Gasteiger partial charge < -0.3 is 15.4 Å². The van der Waals surface area contributed by atoms with Crippen molar-refractivity contribution >= 4 is 17.7 Å². The normalized spacial score (nSPS) is 17.3. The van der Waals surface area contributed by atoms with E-state index >= 15 is 0 Å². The Balaban J connectivity index is 1.59. The van der Waals surface area contributed by atoms with Gasteiger partial charge in [-0.2, -0.15) is 16.9 Å². The SMILES string of the molecule is CCNC(=NCc1nc(-c2ccc(OC)cc2)n[nH]1)NCC1CCCS1. The lowest BCUT2D eigenvalue weighted by molar-refractivity contribution is 0.415. The topological polar surface area (TPSA) is 87.2 Å². The molecule has 2 heterocycles. The molecule has 0 aliphatic carbocycles. The monoisotopic (exact) mass is 374 g/mol. The van der Waals surface area contributed by atoms with Crippen LogP contribution in [-0.4, -0.2) is 52.3 Å². The third-order valence-electron chi connectivity index (χ3n) is 4.13. The number of thioether (sulfide) groups is 1. The maximum absolute atomic E-state index is 5.18. The average molecular weight is 375 g/mol. The Labute approximate surface area is 158 Å². The van der Waals surface area contributed by atoms with Crippen LogP contribution in [0, 0.1) is 0 Å². The summed E-state index contributed by atoms with van der Waals surface area (Å²) in [7, 11) is 1.65. The molecule has 1 aliphatic heterocycles. The van der Waals surface area contributed by atoms with Crippen LogP contribution >= 0.6 is 11.8 Å². The molecule has 1 aromatic heterocycles. The molecule has 3 rings (SSSR count). The number of guanidine groups is 1. The van der Waals surface area contributed by atoms with Gasteiger partial charge in [0.1, 0.15) is 18.1 Å². The van der Waals surface area contributed by atoms with Crippen LogP contribution in [0.15, 0.2) is 29.3 Å². The zero-order chi connectivity index (χ0) is 18.2. The number of aromatic nitrogens is 3. The van der Waals surface area contributed by atoms with Gasteiger partial charge in [-0.25, -0.2) is 9.98 Å². The second kappa shape index (κ2) is 9.47. The molecule has 7 nitrogen and oxygen atoms in total. The molecule has 1 atom stereocenters. The van der Waals surface area contributed by atoms with Gasteiger partial charge in [0, 0.05) is 23.9 Å². The highest BCUT2D eigenvalue weighted by molar-refractivity contribution is 8.00. The maximum atomic E-state index is 5.18. The van der Waals surface area contributed by atoms with Crippen LogP contribution in [0.3, 0.4) is 0 Å². The Hall–Kier alpha value is -2.22. The highest BCUT2D eigenvalue weighted by Gasteiger charge is 2.15. The quantitative estimate of drug-likeness (QED) is 0.510. The summed E-state index contributed by atoms with van der Waals surface area (Å²) in [5.74, 6) is 4.31. The van der Waals surface area contributed by atoms with E-state index in [2.05, 4.69) is 37.7 Å². The van der Waals surface area contributed by atoms with E-state index in [0.29, 0.717) is 17.6 Å². The summed E-state index contributed by atoms with van der Waals surface area (Å²) in [6.45, 7) is 4.30. The number of aliphatic imine (C=N–C) groups is 1. The molecule has 0 amide bonds. The lowest BCUT2D eigenvalue weighted by atomic mass is 10.2. The first kappa shape index (κ1) is 18.6. The Kier molecular flexibility index (Phi) is 6.76. The molecule has 0 bridgehead atoms. The van der Waals surface area contributed by atoms with E-state index < -0.39 is 0 Å². The van der Waals surface area contributed by atoms with Crippen molar-refractivity contribution in [2.24, 2.45) is 4.99 Å². The van der Waals surface area contributed by atoms with E-state index in [9.17, 15) is 0 Å². The minimum atomic E-state index is 0.455. The van der Waals surface area contributed by atoms with E-state index in [-0.39, 0.29) is 0 Å². The van der Waals surface area contributed by atoms with Crippen molar-refractivity contribution in [1.29, 1.82) is 0 Å². The van der Waals surface area contributed by atoms with Crippen molar-refractivity contribution in [2.75, 3.05) is 26.0 Å². The van der Waals surface area contributed by atoms with Crippen molar-refractivity contribution < 1.29 is 4.74 Å². The molecule has 0 spiro atoms. The van der Waals surface area contributed by atoms with Crippen molar-refractivity contribution in [2.45, 2.75) is 31.6 Å². The van der Waals surface area contributed by atoms with Crippen LogP contribution in [0.25, 0.3) is 11.4 Å². The Morgan fingerprint density at radius 3 is 2.88 bits per heavy atom. The van der Waals surface area contributed by atoms with Crippen LogP contribution in [0.4, 0.5) is 0 Å². The smallest absolute Gasteiger partial charge is 0.191 e. The molecular formula is C18H26N6OS. The molecule has 1 saturated heterocycles. The van der Waals surface area contributed by atoms with E-state index in [1.165, 1.54) is 18.6 Å². The molecule has 0 saturated carbocycles. The van der Waals surface area contributed by atoms with Crippen molar-refractivity contribution in [1.82, 2.24) is 25.8 Å². The van der Waals surface area contributed by atoms with E-state index in [4.69, 9.17) is 4.74 Å². The molecule has 8 heteroatoms. The molecular weight excluding hydrogens is 348 g/mol. The molecule has 3 N–H and O–H groups in total. The van der Waals surface area contributed by atoms with Gasteiger partial charge >= 0.3 is 0 Å². The fraction of sp³-hybridized carbons (Fsp3) is 0.500. The van der Waals surface area contributed by atoms with Crippen LogP contribution < -0.4 is 15.4 Å². The zero-order valence-electron chi connectivity index (χ0n) is 15.3. The fourth-order valence-electron chi connectivity index (χ4n) is 2.75. The molecule has 0 radical (unpaired) electrons. The largest absolute Gasteiger partial charge is 0.497 e. The molecule has 26 heavy (non-hydrogen) atoms. The van der Waals surface area contributed by atoms with Crippen molar-refractivity contribution in [3.8, 4) is 17.1 Å². The standard InChI is InChI=1S/C18H26N6OS/c1-3-19-18(20-11-15-5-4-10-26-15)21-12-16-22-17(24-23-16)13-6-8-14(25-2)9-7-13/h6-9,15H,3-5,10-12H2,1-2H3,(H2,19,20,21)(H,22,23,24). The van der Waals surface area contributed by atoms with Gasteiger partial charge in [-0.1, -0.05) is 0 Å². The highest BCUT2D eigenvalue weighted by atomic mass is 32.2. The molecule has 1 aromatic carbocycles. The van der Waals surface area contributed by atoms with Gasteiger partial charge in [-0.05, 0) is 49.8 Å². The highest BCUT2D eigenvalue weighted by Crippen LogP contribution is 2.25. The second-order valence-corrected chi connectivity index (χ2v) is 7.45. The Bertz CT molecular complexity index is 709. The summed E-state index contributed by atoms with van der Waals surface area (Å²) in [6.07, 6.45) is 2.60. The van der Waals surface area contributed by atoms with E-state index in [0.717, 1.165) is 36.2 Å². The van der Waals surface area contributed by atoms with Crippen LogP contribution in [-0.2, 0) is 6.54 Å². The first-order valence-corrected chi connectivity index (χ1v) is 10.0. The van der Waals surface area contributed by atoms with Gasteiger partial charge in [0.25, 0.3) is 0 Å². The third-order valence-corrected chi connectivity index (χ3v) is 5.53. The minimum Gasteiger partial charge on any atom is -0.497 e. The first-order chi connectivity index (χ1) is 12.8. The molecule has 1 fully saturated rings. The third kappa shape index (κ3) is 5.14. The number of hydrogen-bond acceptors (Lipinski definition) is 5. The second-order valence-electron chi connectivity index (χ2n) is 6.05. The van der Waals surface area contributed by atoms with Gasteiger partial charge in [0.15, 0.2) is 11.8 Å². The number of ether oxygens (including phenoxy) is 1. The van der Waals surface area contributed by atoms with Crippen LogP contribution in [0.5, 0.6) is 5.75 Å². The van der Waals surface area contributed by atoms with Gasteiger partial charge in [-0.3, -0.25) is 5.10 Å². The number of aromatic amines is 1. The number of benzene rings is 1. The van der Waals surface area contributed by atoms with Crippen LogP contribution in [0.1, 0.15) is 25.6 Å². The van der Waals surface area contributed by atoms with Gasteiger partial charge in [0.05, 0.1) is 7.11 Å². The minimum absolute atomic E-state index is 0.455. The predicted octanol–water partition coefficient (Wildman–Crippen LogP) is 2.43. The summed E-state index contributed by atoms with van der Waals surface area (Å²) in [5, 5.41) is 14.6. The molecule has 140 valence electrons. The first-order valence-electron chi connectivity index (χ1n) is 8.98. The zero-order valence-corrected chi connectivity index (χ0v) is 16.1. The number of H-pyrrole nitrogens is 1. The summed E-state index contributed by atoms with van der Waals surface area (Å²) >= 11 is 2.04. The maximum Gasteiger partial charge on any atom is 0.191 e. The van der Waals surface area contributed by atoms with Crippen molar-refractivity contribution in [3.63, 3.8) is 0 Å². The molecule has 1 unspecified atom stereocenters. The summed E-state index contributed by atoms with van der Waals surface area (Å²) in [4.78, 5) is 9.14. The number of nitrogens with one attached hydrogen (secondary N) is 3. The molecule has 2 aromatic rings. The van der Waals surface area contributed by atoms with E-state index in [1.54, 1.807) is 7.11 Å². The van der Waals surface area contributed by atoms with Gasteiger partial charge in [0.2, 0.25) is 0 Å². The number of rotatable bonds is 7. The summed E-state index contributed by atoms with van der Waals surface area (Å²) in [6, 6.07) is 7.69. The number of methoxy groups -OCH3 is 1. The number of hydrogen-bond donors (Lipinski definition) is 3. The summed E-state index contributed by atoms with van der Waals surface area (Å²) < 4.78 is 5.18. The van der Waals surface area contributed by atoms with E-state index in [1.807, 2.05) is 36.0 Å². The lowest BCUT2D eigenvalue weighted by Crippen LogP contribution is -2.40. The Morgan fingerprint density at radius 1 is 1.35 bits per heavy atom. The Morgan fingerprint density at radius 2 is 2.19 bits per heavy atom. The fourth-order valence-corrected chi connectivity index (χ4v) is 3.95. The van der Waals surface area contributed by atoms with Gasteiger partial charge in [-0.15, -0.1) is 0 Å².